The van der Waals surface area contributed by atoms with Crippen molar-refractivity contribution in [3.8, 4) is 0 Å². The topological polar surface area (TPSA) is 58.6 Å². The summed E-state index contributed by atoms with van der Waals surface area (Å²) in [4.78, 5) is 25.9. The normalized spacial score (nSPS) is 15.4. The number of thiophene rings is 1. The fourth-order valence-corrected chi connectivity index (χ4v) is 2.39. The van der Waals surface area contributed by atoms with Gasteiger partial charge < -0.3 is 15.0 Å². The molecule has 0 aliphatic carbocycles. The molecule has 1 N–H and O–H groups in total. The standard InChI is InChI=1S/C12H16N2O3S/c15-11(14-5-7-17-8-6-14)3-4-13-12(16)10-2-1-9-18-10/h1-2,9H,3-8H2,(H,13,16). The fourth-order valence-electron chi connectivity index (χ4n) is 1.75. The molecule has 0 atom stereocenters. The van der Waals surface area contributed by atoms with Crippen LogP contribution in [-0.4, -0.2) is 49.6 Å². The van der Waals surface area contributed by atoms with Crippen molar-refractivity contribution in [2.75, 3.05) is 32.8 Å². The quantitative estimate of drug-likeness (QED) is 0.875. The third-order valence-electron chi connectivity index (χ3n) is 2.73. The molecule has 2 rings (SSSR count). The summed E-state index contributed by atoms with van der Waals surface area (Å²) in [6, 6.07) is 3.60. The Morgan fingerprint density at radius 1 is 1.39 bits per heavy atom. The summed E-state index contributed by atoms with van der Waals surface area (Å²) in [5, 5.41) is 4.60. The predicted molar refractivity (Wildman–Crippen MR) is 68.7 cm³/mol. The minimum absolute atomic E-state index is 0.0739. The zero-order chi connectivity index (χ0) is 12.8. The third-order valence-corrected chi connectivity index (χ3v) is 3.60. The van der Waals surface area contributed by atoms with Gasteiger partial charge in [-0.25, -0.2) is 0 Å². The second kappa shape index (κ2) is 6.51. The molecule has 1 aromatic heterocycles. The molecule has 0 saturated carbocycles. The number of nitrogens with one attached hydrogen (secondary N) is 1. The van der Waals surface area contributed by atoms with Gasteiger partial charge in [0.05, 0.1) is 18.1 Å². The molecule has 1 fully saturated rings. The molecule has 0 aromatic carbocycles. The van der Waals surface area contributed by atoms with E-state index in [9.17, 15) is 9.59 Å². The van der Waals surface area contributed by atoms with E-state index in [0.717, 1.165) is 0 Å². The van der Waals surface area contributed by atoms with Crippen LogP contribution >= 0.6 is 11.3 Å². The Bertz CT molecular complexity index is 399. The smallest absolute Gasteiger partial charge is 0.261 e. The number of ether oxygens (including phenoxy) is 1. The van der Waals surface area contributed by atoms with E-state index in [2.05, 4.69) is 5.32 Å². The average Bonchev–Trinajstić information content (AvgIpc) is 2.93. The first kappa shape index (κ1) is 13.0. The van der Waals surface area contributed by atoms with E-state index in [1.807, 2.05) is 11.4 Å². The summed E-state index contributed by atoms with van der Waals surface area (Å²) in [5.74, 6) is -0.0374. The first-order chi connectivity index (χ1) is 8.77. The molecule has 0 unspecified atom stereocenters. The molecule has 1 aliphatic heterocycles. The van der Waals surface area contributed by atoms with E-state index in [4.69, 9.17) is 4.74 Å². The highest BCUT2D eigenvalue weighted by atomic mass is 32.1. The third kappa shape index (κ3) is 3.54. The van der Waals surface area contributed by atoms with E-state index in [1.165, 1.54) is 11.3 Å². The lowest BCUT2D eigenvalue weighted by Crippen LogP contribution is -2.41. The van der Waals surface area contributed by atoms with Gasteiger partial charge in [0.2, 0.25) is 5.91 Å². The van der Waals surface area contributed by atoms with Gasteiger partial charge in [0.15, 0.2) is 0 Å². The molecule has 0 spiro atoms. The fraction of sp³-hybridized carbons (Fsp3) is 0.500. The van der Waals surface area contributed by atoms with Crippen LogP contribution in [0, 0.1) is 0 Å². The average molecular weight is 268 g/mol. The number of rotatable bonds is 4. The van der Waals surface area contributed by atoms with Gasteiger partial charge in [-0.2, -0.15) is 0 Å². The maximum Gasteiger partial charge on any atom is 0.261 e. The molecular weight excluding hydrogens is 252 g/mol. The lowest BCUT2D eigenvalue weighted by atomic mass is 10.3. The first-order valence-corrected chi connectivity index (χ1v) is 6.82. The minimum Gasteiger partial charge on any atom is -0.378 e. The van der Waals surface area contributed by atoms with Gasteiger partial charge in [0, 0.05) is 26.1 Å². The van der Waals surface area contributed by atoms with E-state index in [-0.39, 0.29) is 11.8 Å². The van der Waals surface area contributed by atoms with Crippen molar-refractivity contribution in [2.45, 2.75) is 6.42 Å². The predicted octanol–water partition coefficient (Wildman–Crippen LogP) is 0.727. The van der Waals surface area contributed by atoms with Gasteiger partial charge in [-0.1, -0.05) is 6.07 Å². The van der Waals surface area contributed by atoms with E-state index in [0.29, 0.717) is 44.1 Å². The summed E-state index contributed by atoms with van der Waals surface area (Å²) in [6.07, 6.45) is 0.344. The molecule has 6 heteroatoms. The molecular formula is C12H16N2O3S. The second-order valence-corrected chi connectivity index (χ2v) is 4.92. The van der Waals surface area contributed by atoms with Crippen LogP contribution in [0.4, 0.5) is 0 Å². The van der Waals surface area contributed by atoms with Crippen LogP contribution in [0.15, 0.2) is 17.5 Å². The maximum atomic E-state index is 11.8. The number of carbonyl (C=O) groups excluding carboxylic acids is 2. The lowest BCUT2D eigenvalue weighted by Gasteiger charge is -2.26. The van der Waals surface area contributed by atoms with Crippen molar-refractivity contribution in [2.24, 2.45) is 0 Å². The number of morpholine rings is 1. The second-order valence-electron chi connectivity index (χ2n) is 3.98. The summed E-state index contributed by atoms with van der Waals surface area (Å²) >= 11 is 1.39. The Hall–Kier alpha value is -1.40. The SMILES string of the molecule is O=C(NCCC(=O)N1CCOCC1)c1cccs1. The van der Waals surface area contributed by atoms with Crippen molar-refractivity contribution in [1.29, 1.82) is 0 Å². The number of hydrogen-bond acceptors (Lipinski definition) is 4. The molecule has 18 heavy (non-hydrogen) atoms. The molecule has 0 bridgehead atoms. The van der Waals surface area contributed by atoms with Gasteiger partial charge in [-0.15, -0.1) is 11.3 Å². The zero-order valence-electron chi connectivity index (χ0n) is 10.1. The number of amides is 2. The molecule has 5 nitrogen and oxygen atoms in total. The van der Waals surface area contributed by atoms with Crippen LogP contribution in [0.2, 0.25) is 0 Å². The van der Waals surface area contributed by atoms with Crippen LogP contribution in [0.25, 0.3) is 0 Å². The van der Waals surface area contributed by atoms with Crippen LogP contribution in [0.1, 0.15) is 16.1 Å². The summed E-state index contributed by atoms with van der Waals surface area (Å²) < 4.78 is 5.18. The van der Waals surface area contributed by atoms with Gasteiger partial charge in [0.1, 0.15) is 0 Å². The van der Waals surface area contributed by atoms with Crippen molar-refractivity contribution >= 4 is 23.2 Å². The number of carbonyl (C=O) groups is 2. The Kier molecular flexibility index (Phi) is 4.72. The molecule has 0 radical (unpaired) electrons. The summed E-state index contributed by atoms with van der Waals surface area (Å²) in [7, 11) is 0. The first-order valence-electron chi connectivity index (χ1n) is 5.94. The van der Waals surface area contributed by atoms with Crippen LogP contribution < -0.4 is 5.32 Å². The number of nitrogens with zero attached hydrogens (tertiary/aromatic N) is 1. The van der Waals surface area contributed by atoms with E-state index >= 15 is 0 Å². The molecule has 98 valence electrons. The Morgan fingerprint density at radius 3 is 2.83 bits per heavy atom. The van der Waals surface area contributed by atoms with Crippen LogP contribution in [0.5, 0.6) is 0 Å². The largest absolute Gasteiger partial charge is 0.378 e. The van der Waals surface area contributed by atoms with Crippen molar-refractivity contribution < 1.29 is 14.3 Å². The highest BCUT2D eigenvalue weighted by Crippen LogP contribution is 2.07. The Balaban J connectivity index is 1.68. The van der Waals surface area contributed by atoms with E-state index in [1.54, 1.807) is 11.0 Å². The molecule has 1 aromatic rings. The van der Waals surface area contributed by atoms with Gasteiger partial charge in [-0.3, -0.25) is 9.59 Å². The minimum atomic E-state index is -0.111. The van der Waals surface area contributed by atoms with Crippen LogP contribution in [0.3, 0.4) is 0 Å². The van der Waals surface area contributed by atoms with Crippen LogP contribution in [-0.2, 0) is 9.53 Å². The van der Waals surface area contributed by atoms with Gasteiger partial charge in [0.25, 0.3) is 5.91 Å². The Labute approximate surface area is 110 Å². The van der Waals surface area contributed by atoms with Crippen molar-refractivity contribution in [3.05, 3.63) is 22.4 Å². The lowest BCUT2D eigenvalue weighted by molar-refractivity contribution is -0.135. The molecule has 2 heterocycles. The maximum absolute atomic E-state index is 11.8. The highest BCUT2D eigenvalue weighted by molar-refractivity contribution is 7.12. The Morgan fingerprint density at radius 2 is 2.17 bits per heavy atom. The van der Waals surface area contributed by atoms with Crippen molar-refractivity contribution in [1.82, 2.24) is 10.2 Å². The zero-order valence-corrected chi connectivity index (χ0v) is 10.9. The molecule has 1 saturated heterocycles. The summed E-state index contributed by atoms with van der Waals surface area (Å²) in [5.41, 5.74) is 0. The van der Waals surface area contributed by atoms with E-state index < -0.39 is 0 Å². The monoisotopic (exact) mass is 268 g/mol. The van der Waals surface area contributed by atoms with Crippen molar-refractivity contribution in [3.63, 3.8) is 0 Å². The van der Waals surface area contributed by atoms with Gasteiger partial charge >= 0.3 is 0 Å². The van der Waals surface area contributed by atoms with Gasteiger partial charge in [-0.05, 0) is 11.4 Å². The number of hydrogen-bond donors (Lipinski definition) is 1. The molecule has 2 amide bonds. The summed E-state index contributed by atoms with van der Waals surface area (Å²) in [6.45, 7) is 2.89. The molecule has 1 aliphatic rings. The highest BCUT2D eigenvalue weighted by Gasteiger charge is 2.16.